The van der Waals surface area contributed by atoms with Crippen LogP contribution in [-0.4, -0.2) is 12.8 Å². The SMILES string of the molecule is CON=C1C(C)=C(C#N)[C@@H]2[C@H]1C2(C)C. The van der Waals surface area contributed by atoms with Gasteiger partial charge in [0.05, 0.1) is 11.8 Å². The molecule has 2 atom stereocenters. The van der Waals surface area contributed by atoms with E-state index in [0.717, 1.165) is 16.9 Å². The molecule has 0 N–H and O–H groups in total. The molecule has 0 radical (unpaired) electrons. The summed E-state index contributed by atoms with van der Waals surface area (Å²) in [6.45, 7) is 6.31. The van der Waals surface area contributed by atoms with E-state index in [2.05, 4.69) is 25.1 Å². The number of oxime groups is 1. The Labute approximate surface area is 84.0 Å². The normalized spacial score (nSPS) is 35.5. The van der Waals surface area contributed by atoms with Crippen LogP contribution in [0.15, 0.2) is 16.3 Å². The van der Waals surface area contributed by atoms with Crippen molar-refractivity contribution in [2.75, 3.05) is 7.11 Å². The summed E-state index contributed by atoms with van der Waals surface area (Å²) < 4.78 is 0. The van der Waals surface area contributed by atoms with Crippen LogP contribution in [0.4, 0.5) is 0 Å². The lowest BCUT2D eigenvalue weighted by atomic mass is 9.95. The van der Waals surface area contributed by atoms with E-state index in [9.17, 15) is 0 Å². The summed E-state index contributed by atoms with van der Waals surface area (Å²) in [6.07, 6.45) is 0. The van der Waals surface area contributed by atoms with Crippen LogP contribution < -0.4 is 0 Å². The number of nitrogens with zero attached hydrogens (tertiary/aromatic N) is 2. The highest BCUT2D eigenvalue weighted by Gasteiger charge is 2.66. The van der Waals surface area contributed by atoms with Gasteiger partial charge in [-0.2, -0.15) is 5.26 Å². The maximum absolute atomic E-state index is 9.05. The standard InChI is InChI=1S/C11H14N2O/c1-6-7(5-12)8-9(11(8,2)3)10(6)13-14-4/h8-9H,1-4H3/t8-,9-/m1/s1. The van der Waals surface area contributed by atoms with Gasteiger partial charge in [0.1, 0.15) is 7.11 Å². The molecule has 74 valence electrons. The van der Waals surface area contributed by atoms with Crippen LogP contribution in [0, 0.1) is 28.6 Å². The lowest BCUT2D eigenvalue weighted by molar-refractivity contribution is 0.212. The van der Waals surface area contributed by atoms with Crippen molar-refractivity contribution >= 4 is 5.71 Å². The van der Waals surface area contributed by atoms with Crippen molar-refractivity contribution in [3.05, 3.63) is 11.1 Å². The largest absolute Gasteiger partial charge is 0.399 e. The maximum atomic E-state index is 9.05. The van der Waals surface area contributed by atoms with Crippen LogP contribution in [0.1, 0.15) is 20.8 Å². The van der Waals surface area contributed by atoms with Crippen LogP contribution in [-0.2, 0) is 4.84 Å². The molecular formula is C11H14N2O. The first-order chi connectivity index (χ1) is 6.55. The minimum atomic E-state index is 0.196. The van der Waals surface area contributed by atoms with Crippen molar-refractivity contribution in [3.8, 4) is 6.07 Å². The number of nitriles is 1. The number of rotatable bonds is 1. The molecule has 0 amide bonds. The van der Waals surface area contributed by atoms with E-state index in [1.807, 2.05) is 6.92 Å². The second-order valence-corrected chi connectivity index (χ2v) is 4.59. The van der Waals surface area contributed by atoms with Crippen molar-refractivity contribution in [3.63, 3.8) is 0 Å². The third-order valence-corrected chi connectivity index (χ3v) is 3.53. The summed E-state index contributed by atoms with van der Waals surface area (Å²) in [6, 6.07) is 2.29. The summed E-state index contributed by atoms with van der Waals surface area (Å²) in [5.74, 6) is 0.776. The van der Waals surface area contributed by atoms with Gasteiger partial charge in [0.2, 0.25) is 0 Å². The van der Waals surface area contributed by atoms with Gasteiger partial charge in [0, 0.05) is 17.4 Å². The van der Waals surface area contributed by atoms with E-state index >= 15 is 0 Å². The number of hydrogen-bond donors (Lipinski definition) is 0. The van der Waals surface area contributed by atoms with Crippen molar-refractivity contribution in [2.24, 2.45) is 22.4 Å². The van der Waals surface area contributed by atoms with Crippen LogP contribution in [0.25, 0.3) is 0 Å². The summed E-state index contributed by atoms with van der Waals surface area (Å²) >= 11 is 0. The van der Waals surface area contributed by atoms with E-state index in [1.165, 1.54) is 0 Å². The second kappa shape index (κ2) is 2.60. The monoisotopic (exact) mass is 190 g/mol. The zero-order valence-corrected chi connectivity index (χ0v) is 8.96. The van der Waals surface area contributed by atoms with Gasteiger partial charge in [-0.25, -0.2) is 0 Å². The average molecular weight is 190 g/mol. The molecule has 1 saturated carbocycles. The summed E-state index contributed by atoms with van der Waals surface area (Å²) in [4.78, 5) is 4.82. The van der Waals surface area contributed by atoms with Crippen LogP contribution in [0.2, 0.25) is 0 Å². The van der Waals surface area contributed by atoms with Crippen molar-refractivity contribution in [1.29, 1.82) is 5.26 Å². The second-order valence-electron chi connectivity index (χ2n) is 4.59. The molecule has 2 aliphatic carbocycles. The van der Waals surface area contributed by atoms with E-state index in [4.69, 9.17) is 10.1 Å². The third-order valence-electron chi connectivity index (χ3n) is 3.53. The van der Waals surface area contributed by atoms with Gasteiger partial charge in [0.25, 0.3) is 0 Å². The van der Waals surface area contributed by atoms with Gasteiger partial charge in [-0.05, 0) is 17.9 Å². The smallest absolute Gasteiger partial charge is 0.106 e. The average Bonchev–Trinajstić information content (AvgIpc) is 2.53. The molecule has 14 heavy (non-hydrogen) atoms. The van der Waals surface area contributed by atoms with Gasteiger partial charge in [-0.3, -0.25) is 0 Å². The van der Waals surface area contributed by atoms with E-state index in [1.54, 1.807) is 7.11 Å². The van der Waals surface area contributed by atoms with E-state index in [0.29, 0.717) is 11.8 Å². The van der Waals surface area contributed by atoms with Crippen molar-refractivity contribution < 1.29 is 4.84 Å². The summed E-state index contributed by atoms with van der Waals surface area (Å²) in [7, 11) is 1.55. The van der Waals surface area contributed by atoms with Gasteiger partial charge in [-0.1, -0.05) is 19.0 Å². The molecule has 2 aliphatic rings. The molecule has 0 bridgehead atoms. The molecule has 0 aromatic carbocycles. The Balaban J connectivity index is 2.45. The molecule has 2 rings (SSSR count). The fourth-order valence-electron chi connectivity index (χ4n) is 2.67. The molecule has 0 aliphatic heterocycles. The molecule has 0 spiro atoms. The summed E-state index contributed by atoms with van der Waals surface area (Å²) in [5.41, 5.74) is 3.08. The summed E-state index contributed by atoms with van der Waals surface area (Å²) in [5, 5.41) is 13.1. The fraction of sp³-hybridized carbons (Fsp3) is 0.636. The molecule has 0 aromatic heterocycles. The lowest BCUT2D eigenvalue weighted by Crippen LogP contribution is -2.09. The predicted molar refractivity (Wildman–Crippen MR) is 53.5 cm³/mol. The fourth-order valence-corrected chi connectivity index (χ4v) is 2.67. The molecular weight excluding hydrogens is 176 g/mol. The minimum Gasteiger partial charge on any atom is -0.399 e. The highest BCUT2D eigenvalue weighted by Crippen LogP contribution is 2.67. The Hall–Kier alpha value is -1.30. The third kappa shape index (κ3) is 0.886. The Kier molecular flexibility index (Phi) is 1.72. The Bertz CT molecular complexity index is 385. The van der Waals surface area contributed by atoms with Crippen LogP contribution >= 0.6 is 0 Å². The molecule has 0 saturated heterocycles. The topological polar surface area (TPSA) is 45.4 Å². The number of fused-ring (bicyclic) bond motifs is 1. The zero-order valence-electron chi connectivity index (χ0n) is 8.96. The molecule has 0 aromatic rings. The van der Waals surface area contributed by atoms with Crippen molar-refractivity contribution in [2.45, 2.75) is 20.8 Å². The lowest BCUT2D eigenvalue weighted by Gasteiger charge is -2.09. The van der Waals surface area contributed by atoms with E-state index < -0.39 is 0 Å². The minimum absolute atomic E-state index is 0.196. The Morgan fingerprint density at radius 3 is 2.50 bits per heavy atom. The zero-order chi connectivity index (χ0) is 10.5. The van der Waals surface area contributed by atoms with Gasteiger partial charge >= 0.3 is 0 Å². The van der Waals surface area contributed by atoms with Crippen LogP contribution in [0.3, 0.4) is 0 Å². The first-order valence-corrected chi connectivity index (χ1v) is 4.78. The molecule has 1 fully saturated rings. The van der Waals surface area contributed by atoms with Crippen LogP contribution in [0.5, 0.6) is 0 Å². The van der Waals surface area contributed by atoms with Gasteiger partial charge < -0.3 is 4.84 Å². The molecule has 0 unspecified atom stereocenters. The Morgan fingerprint density at radius 1 is 1.43 bits per heavy atom. The highest BCUT2D eigenvalue weighted by atomic mass is 16.6. The van der Waals surface area contributed by atoms with Gasteiger partial charge in [0.15, 0.2) is 0 Å². The molecule has 3 nitrogen and oxygen atoms in total. The molecule has 0 heterocycles. The first kappa shape index (κ1) is 9.26. The Morgan fingerprint density at radius 2 is 2.07 bits per heavy atom. The highest BCUT2D eigenvalue weighted by molar-refractivity contribution is 6.08. The molecule has 3 heteroatoms. The maximum Gasteiger partial charge on any atom is 0.106 e. The number of hydrogen-bond acceptors (Lipinski definition) is 3. The number of allylic oxidation sites excluding steroid dienone is 2. The van der Waals surface area contributed by atoms with Gasteiger partial charge in [-0.15, -0.1) is 0 Å². The quantitative estimate of drug-likeness (QED) is 0.594. The first-order valence-electron chi connectivity index (χ1n) is 4.78. The predicted octanol–water partition coefficient (Wildman–Crippen LogP) is 2.11. The van der Waals surface area contributed by atoms with E-state index in [-0.39, 0.29) is 5.41 Å². The van der Waals surface area contributed by atoms with Crippen molar-refractivity contribution in [1.82, 2.24) is 0 Å².